The number of hydrogen-bond donors (Lipinski definition) is 0. The van der Waals surface area contributed by atoms with Crippen LogP contribution in [0.1, 0.15) is 30.9 Å². The van der Waals surface area contributed by atoms with E-state index in [0.717, 1.165) is 49.4 Å². The summed E-state index contributed by atoms with van der Waals surface area (Å²) in [7, 11) is 0. The lowest BCUT2D eigenvalue weighted by molar-refractivity contribution is -0.149. The van der Waals surface area contributed by atoms with Crippen molar-refractivity contribution in [2.45, 2.75) is 26.2 Å². The van der Waals surface area contributed by atoms with Crippen molar-refractivity contribution in [2.75, 3.05) is 32.8 Å². The molecule has 0 saturated carbocycles. The number of halogens is 1. The molecule has 0 atom stereocenters. The van der Waals surface area contributed by atoms with E-state index in [1.54, 1.807) is 12.1 Å². The van der Waals surface area contributed by atoms with Crippen LogP contribution in [0.2, 0.25) is 0 Å². The molecule has 0 amide bonds. The van der Waals surface area contributed by atoms with Gasteiger partial charge in [0.1, 0.15) is 18.2 Å². The van der Waals surface area contributed by atoms with E-state index in [9.17, 15) is 9.18 Å². The Labute approximate surface area is 166 Å². The highest BCUT2D eigenvalue weighted by atomic mass is 19.1. The van der Waals surface area contributed by atoms with E-state index in [1.807, 2.05) is 37.3 Å². The molecule has 150 valence electrons. The molecule has 1 heterocycles. The first-order chi connectivity index (χ1) is 13.6. The monoisotopic (exact) mass is 385 g/mol. The molecular formula is C23H28FNO3. The van der Waals surface area contributed by atoms with Gasteiger partial charge >= 0.3 is 5.97 Å². The van der Waals surface area contributed by atoms with Crippen LogP contribution < -0.4 is 4.74 Å². The number of hydrogen-bond acceptors (Lipinski definition) is 4. The van der Waals surface area contributed by atoms with Crippen LogP contribution >= 0.6 is 0 Å². The number of ether oxygens (including phenoxy) is 2. The van der Waals surface area contributed by atoms with E-state index < -0.39 is 0 Å². The molecule has 0 N–H and O–H groups in total. The topological polar surface area (TPSA) is 38.8 Å². The minimum absolute atomic E-state index is 0.0442. The predicted molar refractivity (Wildman–Crippen MR) is 107 cm³/mol. The van der Waals surface area contributed by atoms with Crippen molar-refractivity contribution in [1.82, 2.24) is 4.90 Å². The highest BCUT2D eigenvalue weighted by Crippen LogP contribution is 2.19. The van der Waals surface area contributed by atoms with Gasteiger partial charge in [-0.25, -0.2) is 4.39 Å². The zero-order chi connectivity index (χ0) is 19.8. The number of nitrogens with zero attached hydrogens (tertiary/aromatic N) is 1. The first kappa shape index (κ1) is 20.3. The zero-order valence-corrected chi connectivity index (χ0v) is 16.4. The molecule has 2 aromatic rings. The van der Waals surface area contributed by atoms with Crippen LogP contribution in [-0.4, -0.2) is 43.7 Å². The van der Waals surface area contributed by atoms with E-state index in [1.165, 1.54) is 6.07 Å². The Balaban J connectivity index is 1.38. The number of likely N-dealkylation sites (tertiary alicyclic amines) is 1. The van der Waals surface area contributed by atoms with E-state index in [2.05, 4.69) is 4.90 Å². The van der Waals surface area contributed by atoms with Gasteiger partial charge in [0.25, 0.3) is 0 Å². The fourth-order valence-corrected chi connectivity index (χ4v) is 3.53. The molecule has 5 heteroatoms. The average Bonchev–Trinajstić information content (AvgIpc) is 2.70. The summed E-state index contributed by atoms with van der Waals surface area (Å²) in [6.45, 7) is 5.57. The van der Waals surface area contributed by atoms with Gasteiger partial charge in [0, 0.05) is 6.54 Å². The quantitative estimate of drug-likeness (QED) is 0.642. The van der Waals surface area contributed by atoms with Crippen molar-refractivity contribution < 1.29 is 18.7 Å². The molecule has 0 bridgehead atoms. The molecular weight excluding hydrogens is 357 g/mol. The standard InChI is InChI=1S/C23H28FNO3/c1-2-27-23(26)20-10-12-25(13-11-20)14-15-28-22-8-6-18(7-9-22)16-19-4-3-5-21(24)17-19/h3-9,17,20H,2,10-16H2,1H3. The van der Waals surface area contributed by atoms with Gasteiger partial charge in [-0.1, -0.05) is 24.3 Å². The summed E-state index contributed by atoms with van der Waals surface area (Å²) in [5.74, 6) is 0.618. The Morgan fingerprint density at radius 2 is 1.86 bits per heavy atom. The molecule has 0 aromatic heterocycles. The highest BCUT2D eigenvalue weighted by Gasteiger charge is 2.25. The number of piperidine rings is 1. The summed E-state index contributed by atoms with van der Waals surface area (Å²) < 4.78 is 24.2. The number of benzene rings is 2. The minimum Gasteiger partial charge on any atom is -0.492 e. The van der Waals surface area contributed by atoms with Crippen molar-refractivity contribution in [3.8, 4) is 5.75 Å². The summed E-state index contributed by atoms with van der Waals surface area (Å²) >= 11 is 0. The minimum atomic E-state index is -0.205. The molecule has 0 aliphatic carbocycles. The first-order valence-corrected chi connectivity index (χ1v) is 9.99. The van der Waals surface area contributed by atoms with Crippen molar-refractivity contribution >= 4 is 5.97 Å². The van der Waals surface area contributed by atoms with Crippen molar-refractivity contribution in [1.29, 1.82) is 0 Å². The van der Waals surface area contributed by atoms with Crippen molar-refractivity contribution in [3.05, 3.63) is 65.5 Å². The molecule has 3 rings (SSSR count). The summed E-state index contributed by atoms with van der Waals surface area (Å²) in [6, 6.07) is 14.6. The number of esters is 1. The van der Waals surface area contributed by atoms with Crippen LogP contribution in [-0.2, 0) is 16.0 Å². The third-order valence-corrected chi connectivity index (χ3v) is 5.10. The van der Waals surface area contributed by atoms with Crippen LogP contribution in [0.4, 0.5) is 4.39 Å². The Morgan fingerprint density at radius 3 is 2.54 bits per heavy atom. The molecule has 0 unspecified atom stereocenters. The van der Waals surface area contributed by atoms with Crippen molar-refractivity contribution in [3.63, 3.8) is 0 Å². The number of carbonyl (C=O) groups is 1. The van der Waals surface area contributed by atoms with Gasteiger partial charge in [-0.05, 0) is 74.7 Å². The normalized spacial score (nSPS) is 15.4. The fraction of sp³-hybridized carbons (Fsp3) is 0.435. The molecule has 1 aliphatic rings. The lowest BCUT2D eigenvalue weighted by atomic mass is 9.97. The first-order valence-electron chi connectivity index (χ1n) is 9.99. The predicted octanol–water partition coefficient (Wildman–Crippen LogP) is 4.07. The van der Waals surface area contributed by atoms with Crippen LogP contribution in [0.15, 0.2) is 48.5 Å². The molecule has 1 fully saturated rings. The lowest BCUT2D eigenvalue weighted by Gasteiger charge is -2.30. The maximum Gasteiger partial charge on any atom is 0.309 e. The van der Waals surface area contributed by atoms with E-state index in [0.29, 0.717) is 19.6 Å². The number of rotatable bonds is 8. The maximum atomic E-state index is 13.3. The van der Waals surface area contributed by atoms with Gasteiger partial charge in [-0.2, -0.15) is 0 Å². The highest BCUT2D eigenvalue weighted by molar-refractivity contribution is 5.72. The van der Waals surface area contributed by atoms with Gasteiger partial charge in [0.05, 0.1) is 12.5 Å². The second-order valence-corrected chi connectivity index (χ2v) is 7.17. The van der Waals surface area contributed by atoms with Crippen LogP contribution in [0.3, 0.4) is 0 Å². The Bertz CT molecular complexity index is 755. The number of carbonyl (C=O) groups excluding carboxylic acids is 1. The van der Waals surface area contributed by atoms with Gasteiger partial charge in [-0.15, -0.1) is 0 Å². The zero-order valence-electron chi connectivity index (χ0n) is 16.4. The van der Waals surface area contributed by atoms with Crippen molar-refractivity contribution in [2.24, 2.45) is 5.92 Å². The summed E-state index contributed by atoms with van der Waals surface area (Å²) in [5, 5.41) is 0. The smallest absolute Gasteiger partial charge is 0.309 e. The SMILES string of the molecule is CCOC(=O)C1CCN(CCOc2ccc(Cc3cccc(F)c3)cc2)CC1. The van der Waals surface area contributed by atoms with E-state index in [-0.39, 0.29) is 17.7 Å². The maximum absolute atomic E-state index is 13.3. The molecule has 1 saturated heterocycles. The summed E-state index contributed by atoms with van der Waals surface area (Å²) in [6.07, 6.45) is 2.41. The third-order valence-electron chi connectivity index (χ3n) is 5.10. The fourth-order valence-electron chi connectivity index (χ4n) is 3.53. The van der Waals surface area contributed by atoms with E-state index in [4.69, 9.17) is 9.47 Å². The summed E-state index contributed by atoms with van der Waals surface area (Å²) in [5.41, 5.74) is 2.08. The largest absolute Gasteiger partial charge is 0.492 e. The summed E-state index contributed by atoms with van der Waals surface area (Å²) in [4.78, 5) is 14.1. The molecule has 2 aromatic carbocycles. The third kappa shape index (κ3) is 6.06. The molecule has 0 radical (unpaired) electrons. The van der Waals surface area contributed by atoms with E-state index >= 15 is 0 Å². The van der Waals surface area contributed by atoms with Gasteiger partial charge in [-0.3, -0.25) is 9.69 Å². The van der Waals surface area contributed by atoms with Gasteiger partial charge in [0.15, 0.2) is 0 Å². The van der Waals surface area contributed by atoms with Crippen LogP contribution in [0.25, 0.3) is 0 Å². The Morgan fingerprint density at radius 1 is 1.11 bits per heavy atom. The second-order valence-electron chi connectivity index (χ2n) is 7.17. The molecule has 0 spiro atoms. The van der Waals surface area contributed by atoms with Gasteiger partial charge < -0.3 is 9.47 Å². The molecule has 1 aliphatic heterocycles. The lowest BCUT2D eigenvalue weighted by Crippen LogP contribution is -2.39. The molecule has 4 nitrogen and oxygen atoms in total. The average molecular weight is 385 g/mol. The second kappa shape index (κ2) is 10.2. The Kier molecular flexibility index (Phi) is 7.43. The molecule has 28 heavy (non-hydrogen) atoms. The van der Waals surface area contributed by atoms with Crippen LogP contribution in [0.5, 0.6) is 5.75 Å². The Hall–Kier alpha value is -2.40. The van der Waals surface area contributed by atoms with Crippen LogP contribution in [0, 0.1) is 11.7 Å². The van der Waals surface area contributed by atoms with Gasteiger partial charge in [0.2, 0.25) is 0 Å².